The van der Waals surface area contributed by atoms with Gasteiger partial charge in [0.05, 0.1) is 11.2 Å². The minimum absolute atomic E-state index is 0.657. The normalized spacial score (nSPS) is 12.7. The van der Waals surface area contributed by atoms with Crippen molar-refractivity contribution in [2.75, 3.05) is 0 Å². The Balaban J connectivity index is 1.22. The molecule has 0 saturated carbocycles. The average molecular weight is 627 g/mol. The molecule has 2 aromatic heterocycles. The first-order valence-corrected chi connectivity index (χ1v) is 16.9. The Morgan fingerprint density at radius 1 is 0.429 bits per heavy atom. The maximum atomic E-state index is 5.16. The maximum Gasteiger partial charge on any atom is 0.164 e. The second-order valence-corrected chi connectivity index (χ2v) is 12.7. The highest BCUT2D eigenvalue weighted by Gasteiger charge is 2.19. The number of hydrogen-bond acceptors (Lipinski definition) is 3. The zero-order valence-electron chi connectivity index (χ0n) is 26.7. The summed E-state index contributed by atoms with van der Waals surface area (Å²) in [6.45, 7) is 0. The number of fused-ring (bicyclic) bond motifs is 6. The molecule has 7 aromatic carbocycles. The zero-order valence-corrected chi connectivity index (χ0v) is 26.7. The molecule has 0 fully saturated rings. The molecule has 0 saturated heterocycles. The molecule has 0 spiro atoms. The number of hydrogen-bond donors (Lipinski definition) is 0. The molecule has 0 amide bonds. The Hall–Kier alpha value is -6.39. The minimum Gasteiger partial charge on any atom is -0.309 e. The molecule has 49 heavy (non-hydrogen) atoms. The Bertz CT molecular complexity index is 2880. The van der Waals surface area contributed by atoms with Gasteiger partial charge in [-0.2, -0.15) is 0 Å². The van der Waals surface area contributed by atoms with Crippen LogP contribution in [0.1, 0.15) is 12.8 Å². The van der Waals surface area contributed by atoms with Crippen LogP contribution < -0.4 is 10.6 Å². The van der Waals surface area contributed by atoms with Crippen molar-refractivity contribution in [3.8, 4) is 39.9 Å². The van der Waals surface area contributed by atoms with Crippen LogP contribution in [0.25, 0.3) is 95.2 Å². The molecule has 0 radical (unpaired) electrons. The topological polar surface area (TPSA) is 43.6 Å². The van der Waals surface area contributed by atoms with E-state index in [1.54, 1.807) is 0 Å². The van der Waals surface area contributed by atoms with Gasteiger partial charge in [-0.1, -0.05) is 127 Å². The van der Waals surface area contributed by atoms with E-state index in [-0.39, 0.29) is 0 Å². The largest absolute Gasteiger partial charge is 0.309 e. The smallest absolute Gasteiger partial charge is 0.164 e. The Labute approximate surface area is 283 Å². The minimum atomic E-state index is 0.657. The van der Waals surface area contributed by atoms with Crippen molar-refractivity contribution in [2.24, 2.45) is 0 Å². The SMILES string of the molecule is C1=c2c(n(-c3ccc(-c4nc(-c5ccccc5)nc(-c5ccc6ccccc6c5)n4)c4ccccc34)c3cc4ccccc4cc23)=CCC1. The highest BCUT2D eigenvalue weighted by Crippen LogP contribution is 2.34. The molecule has 1 aliphatic carbocycles. The van der Waals surface area contributed by atoms with Crippen LogP contribution in [0.5, 0.6) is 0 Å². The van der Waals surface area contributed by atoms with Gasteiger partial charge in [0.2, 0.25) is 0 Å². The fraction of sp³-hybridized carbons (Fsp3) is 0.0444. The molecule has 230 valence electrons. The lowest BCUT2D eigenvalue weighted by atomic mass is 10.0. The third-order valence-corrected chi connectivity index (χ3v) is 9.82. The van der Waals surface area contributed by atoms with Crippen molar-refractivity contribution in [3.63, 3.8) is 0 Å². The summed E-state index contributed by atoms with van der Waals surface area (Å²) in [6, 6.07) is 51.4. The van der Waals surface area contributed by atoms with Crippen molar-refractivity contribution in [1.29, 1.82) is 0 Å². The van der Waals surface area contributed by atoms with Crippen LogP contribution in [0.15, 0.2) is 146 Å². The molecule has 10 rings (SSSR count). The number of aromatic nitrogens is 4. The first kappa shape index (κ1) is 27.7. The lowest BCUT2D eigenvalue weighted by molar-refractivity contribution is 1.03. The average Bonchev–Trinajstić information content (AvgIpc) is 3.49. The molecule has 4 nitrogen and oxygen atoms in total. The van der Waals surface area contributed by atoms with Crippen molar-refractivity contribution in [2.45, 2.75) is 12.8 Å². The third-order valence-electron chi connectivity index (χ3n) is 9.82. The van der Waals surface area contributed by atoms with Crippen LogP contribution in [0.3, 0.4) is 0 Å². The van der Waals surface area contributed by atoms with E-state index in [0.717, 1.165) is 51.4 Å². The number of benzene rings is 7. The van der Waals surface area contributed by atoms with Crippen LogP contribution >= 0.6 is 0 Å². The molecule has 0 N–H and O–H groups in total. The van der Waals surface area contributed by atoms with Crippen molar-refractivity contribution in [1.82, 2.24) is 19.5 Å². The molecule has 1 aliphatic rings. The van der Waals surface area contributed by atoms with E-state index in [4.69, 9.17) is 15.0 Å². The van der Waals surface area contributed by atoms with E-state index < -0.39 is 0 Å². The maximum absolute atomic E-state index is 5.16. The van der Waals surface area contributed by atoms with Gasteiger partial charge in [0, 0.05) is 38.0 Å². The quantitative estimate of drug-likeness (QED) is 0.195. The molecule has 0 atom stereocenters. The summed E-state index contributed by atoms with van der Waals surface area (Å²) < 4.78 is 2.46. The zero-order chi connectivity index (χ0) is 32.3. The van der Waals surface area contributed by atoms with Gasteiger partial charge in [0.25, 0.3) is 0 Å². The molecule has 9 aromatic rings. The molecular weight excluding hydrogens is 597 g/mol. The van der Waals surface area contributed by atoms with Gasteiger partial charge in [-0.05, 0) is 70.1 Å². The Morgan fingerprint density at radius 3 is 1.88 bits per heavy atom. The van der Waals surface area contributed by atoms with E-state index in [1.807, 2.05) is 18.2 Å². The third kappa shape index (κ3) is 4.56. The van der Waals surface area contributed by atoms with Gasteiger partial charge in [0.1, 0.15) is 0 Å². The highest BCUT2D eigenvalue weighted by atomic mass is 15.0. The van der Waals surface area contributed by atoms with Crippen LogP contribution in [-0.2, 0) is 0 Å². The number of nitrogens with zero attached hydrogens (tertiary/aromatic N) is 4. The van der Waals surface area contributed by atoms with Gasteiger partial charge in [-0.15, -0.1) is 0 Å². The van der Waals surface area contributed by atoms with Crippen molar-refractivity contribution in [3.05, 3.63) is 156 Å². The summed E-state index contributed by atoms with van der Waals surface area (Å²) >= 11 is 0. The van der Waals surface area contributed by atoms with Gasteiger partial charge in [0.15, 0.2) is 17.5 Å². The van der Waals surface area contributed by atoms with Crippen LogP contribution in [0, 0.1) is 0 Å². The summed E-state index contributed by atoms with van der Waals surface area (Å²) in [5.74, 6) is 1.97. The second kappa shape index (κ2) is 11.1. The monoisotopic (exact) mass is 626 g/mol. The predicted octanol–water partition coefficient (Wildman–Crippen LogP) is 9.63. The molecule has 0 bridgehead atoms. The number of rotatable bonds is 4. The Kier molecular flexibility index (Phi) is 6.28. The van der Waals surface area contributed by atoms with Crippen LogP contribution in [0.4, 0.5) is 0 Å². The Morgan fingerprint density at radius 2 is 1.06 bits per heavy atom. The summed E-state index contributed by atoms with van der Waals surface area (Å²) in [5, 5.41) is 11.0. The molecule has 0 unspecified atom stereocenters. The van der Waals surface area contributed by atoms with Gasteiger partial charge in [-0.3, -0.25) is 0 Å². The van der Waals surface area contributed by atoms with E-state index >= 15 is 0 Å². The lowest BCUT2D eigenvalue weighted by Crippen LogP contribution is -2.30. The van der Waals surface area contributed by atoms with Gasteiger partial charge in [-0.25, -0.2) is 15.0 Å². The first-order valence-electron chi connectivity index (χ1n) is 16.9. The lowest BCUT2D eigenvalue weighted by Gasteiger charge is -2.15. The van der Waals surface area contributed by atoms with Gasteiger partial charge >= 0.3 is 0 Å². The summed E-state index contributed by atoms with van der Waals surface area (Å²) in [4.78, 5) is 15.3. The van der Waals surface area contributed by atoms with E-state index in [2.05, 4.69) is 144 Å². The van der Waals surface area contributed by atoms with E-state index in [0.29, 0.717) is 17.5 Å². The van der Waals surface area contributed by atoms with E-state index in [9.17, 15) is 0 Å². The van der Waals surface area contributed by atoms with Gasteiger partial charge < -0.3 is 4.57 Å². The molecular formula is C45H30N4. The molecule has 2 heterocycles. The fourth-order valence-electron chi connectivity index (χ4n) is 7.48. The summed E-state index contributed by atoms with van der Waals surface area (Å²) in [6.07, 6.45) is 6.89. The van der Waals surface area contributed by atoms with E-state index in [1.165, 1.54) is 37.6 Å². The summed E-state index contributed by atoms with van der Waals surface area (Å²) in [5.41, 5.74) is 5.27. The van der Waals surface area contributed by atoms with Crippen LogP contribution in [-0.4, -0.2) is 19.5 Å². The summed E-state index contributed by atoms with van der Waals surface area (Å²) in [7, 11) is 0. The highest BCUT2D eigenvalue weighted by molar-refractivity contribution is 6.03. The van der Waals surface area contributed by atoms with Crippen molar-refractivity contribution >= 4 is 55.4 Å². The predicted molar refractivity (Wildman–Crippen MR) is 203 cm³/mol. The fourth-order valence-corrected chi connectivity index (χ4v) is 7.48. The first-order chi connectivity index (χ1) is 24.3. The standard InChI is InChI=1S/C45H30N4/c1-2-13-30(14-3-1)43-46-44(34-23-22-29-12-4-5-15-31(29)26-34)48-45(47-43)38-24-25-41(36-19-9-8-18-35(36)38)49-40-21-11-10-20-37(40)39-27-32-16-6-7-17-33(32)28-42(39)49/h1-9,12-28H,10-11H2. The van der Waals surface area contributed by atoms with Crippen molar-refractivity contribution < 1.29 is 0 Å². The second-order valence-electron chi connectivity index (χ2n) is 12.7. The molecule has 0 aliphatic heterocycles. The van der Waals surface area contributed by atoms with Crippen LogP contribution in [0.2, 0.25) is 0 Å². The molecule has 4 heteroatoms.